The van der Waals surface area contributed by atoms with Crippen LogP contribution in [0.15, 0.2) is 22.7 Å². The molecular weight excluding hydrogens is 385 g/mol. The molecule has 0 bridgehead atoms. The van der Waals surface area contributed by atoms with Gasteiger partial charge in [-0.05, 0) is 50.1 Å². The third-order valence-electron chi connectivity index (χ3n) is 1.40. The van der Waals surface area contributed by atoms with Gasteiger partial charge in [-0.25, -0.2) is 4.39 Å². The summed E-state index contributed by atoms with van der Waals surface area (Å²) >= 11 is 5.20. The maximum atomic E-state index is 13.0. The topological polar surface area (TPSA) is 18.5 Å². The Balaban J connectivity index is 2.39. The number of halogens is 3. The van der Waals surface area contributed by atoms with Crippen molar-refractivity contribution in [2.75, 3.05) is 13.2 Å². The van der Waals surface area contributed by atoms with Crippen LogP contribution in [0.4, 0.5) is 4.39 Å². The molecule has 78 valence electrons. The lowest BCUT2D eigenvalue weighted by atomic mass is 10.3. The molecule has 0 aliphatic carbocycles. The van der Waals surface area contributed by atoms with Crippen molar-refractivity contribution in [2.45, 2.75) is 0 Å². The molecule has 0 N–H and O–H groups in total. The lowest BCUT2D eigenvalue weighted by molar-refractivity contribution is 0.236. The maximum Gasteiger partial charge on any atom is 0.141 e. The Kier molecular flexibility index (Phi) is 6.25. The van der Waals surface area contributed by atoms with E-state index < -0.39 is 0 Å². The molecule has 1 unspecified atom stereocenters. The summed E-state index contributed by atoms with van der Waals surface area (Å²) in [6, 6.07) is 4.67. The predicted molar refractivity (Wildman–Crippen MR) is 67.9 cm³/mol. The van der Waals surface area contributed by atoms with E-state index in [2.05, 4.69) is 38.0 Å². The Morgan fingerprint density at radius 1 is 1.43 bits per heavy atom. The minimum atomic E-state index is -0.320. The molecule has 0 radical (unpaired) electrons. The second kappa shape index (κ2) is 6.93. The lowest BCUT2D eigenvalue weighted by Gasteiger charge is -2.05. The molecular formula is C8H8BrFIO2P. The fraction of sp³-hybridized carbons (Fsp3) is 0.250. The highest BCUT2D eigenvalue weighted by atomic mass is 127. The molecule has 1 atom stereocenters. The molecule has 6 heteroatoms. The zero-order valence-corrected chi connectivity index (χ0v) is 11.8. The highest BCUT2D eigenvalue weighted by molar-refractivity contribution is 14.2. The highest BCUT2D eigenvalue weighted by Crippen LogP contribution is 2.22. The molecule has 0 aliphatic heterocycles. The van der Waals surface area contributed by atoms with Crippen molar-refractivity contribution in [1.82, 2.24) is 0 Å². The second-order valence-corrected chi connectivity index (χ2v) is 4.97. The first kappa shape index (κ1) is 12.6. The third kappa shape index (κ3) is 4.38. The van der Waals surface area contributed by atoms with Gasteiger partial charge in [-0.1, -0.05) is 0 Å². The quantitative estimate of drug-likeness (QED) is 0.429. The summed E-state index contributed by atoms with van der Waals surface area (Å²) in [7, 11) is 0. The molecule has 0 fully saturated rings. The van der Waals surface area contributed by atoms with Gasteiger partial charge in [-0.15, -0.1) is 0 Å². The van der Waals surface area contributed by atoms with Crippen LogP contribution in [-0.4, -0.2) is 13.2 Å². The standard InChI is InChI=1S/C8H8BrFIO2P/c9-7-2-1-6(5-8(7)10)12-3-4-13-14-11/h1-2,5,14H,3-4H2. The molecule has 0 saturated heterocycles. The van der Waals surface area contributed by atoms with Crippen molar-refractivity contribution < 1.29 is 13.7 Å². The molecule has 0 aliphatic rings. The molecule has 1 aromatic rings. The first-order chi connectivity index (χ1) is 6.74. The summed E-state index contributed by atoms with van der Waals surface area (Å²) in [6.45, 7) is 1.40. The van der Waals surface area contributed by atoms with Gasteiger partial charge in [0.25, 0.3) is 0 Å². The van der Waals surface area contributed by atoms with E-state index in [-0.39, 0.29) is 5.82 Å². The van der Waals surface area contributed by atoms with Crippen LogP contribution in [0.3, 0.4) is 0 Å². The summed E-state index contributed by atoms with van der Waals surface area (Å²) in [6.07, 6.45) is 0. The zero-order chi connectivity index (χ0) is 10.4. The van der Waals surface area contributed by atoms with Gasteiger partial charge >= 0.3 is 0 Å². The van der Waals surface area contributed by atoms with Gasteiger partial charge in [0.2, 0.25) is 0 Å². The maximum absolute atomic E-state index is 13.0. The third-order valence-corrected chi connectivity index (χ3v) is 3.29. The fourth-order valence-corrected chi connectivity index (χ4v) is 1.87. The van der Waals surface area contributed by atoms with Crippen LogP contribution in [0, 0.1) is 5.82 Å². The van der Waals surface area contributed by atoms with Crippen LogP contribution in [0.2, 0.25) is 0 Å². The molecule has 0 spiro atoms. The van der Waals surface area contributed by atoms with Gasteiger partial charge in [0.1, 0.15) is 18.2 Å². The molecule has 2 nitrogen and oxygen atoms in total. The minimum Gasteiger partial charge on any atom is -0.491 e. The van der Waals surface area contributed by atoms with E-state index in [1.165, 1.54) is 6.07 Å². The van der Waals surface area contributed by atoms with E-state index in [0.717, 1.165) is 0 Å². The van der Waals surface area contributed by atoms with Gasteiger partial charge < -0.3 is 9.26 Å². The number of hydrogen-bond acceptors (Lipinski definition) is 2. The monoisotopic (exact) mass is 392 g/mol. The Morgan fingerprint density at radius 2 is 2.21 bits per heavy atom. The first-order valence-electron chi connectivity index (χ1n) is 3.79. The Bertz CT molecular complexity index is 301. The molecule has 14 heavy (non-hydrogen) atoms. The fourth-order valence-electron chi connectivity index (χ4n) is 0.806. The van der Waals surface area contributed by atoms with E-state index in [4.69, 9.17) is 9.26 Å². The Hall–Kier alpha value is 0.550. The normalized spacial score (nSPS) is 11.1. The Morgan fingerprint density at radius 3 is 2.86 bits per heavy atom. The lowest BCUT2D eigenvalue weighted by Crippen LogP contribution is -2.02. The Labute approximate surface area is 105 Å². The average Bonchev–Trinajstić information content (AvgIpc) is 2.18. The van der Waals surface area contributed by atoms with Crippen LogP contribution in [0.5, 0.6) is 5.75 Å². The van der Waals surface area contributed by atoms with E-state index in [0.29, 0.717) is 29.9 Å². The van der Waals surface area contributed by atoms with Crippen LogP contribution < -0.4 is 4.74 Å². The molecule has 1 rings (SSSR count). The van der Waals surface area contributed by atoms with Crippen molar-refractivity contribution in [3.8, 4) is 5.75 Å². The SMILES string of the molecule is Fc1cc(OCCOPI)ccc1Br. The molecule has 0 saturated carbocycles. The number of rotatable bonds is 5. The number of benzene rings is 1. The molecule has 0 amide bonds. The van der Waals surface area contributed by atoms with Crippen LogP contribution in [-0.2, 0) is 4.52 Å². The zero-order valence-electron chi connectivity index (χ0n) is 7.10. The summed E-state index contributed by atoms with van der Waals surface area (Å²) in [5.41, 5.74) is 0. The predicted octanol–water partition coefficient (Wildman–Crippen LogP) is 3.93. The van der Waals surface area contributed by atoms with E-state index in [9.17, 15) is 4.39 Å². The van der Waals surface area contributed by atoms with Gasteiger partial charge in [0.15, 0.2) is 0 Å². The summed E-state index contributed by atoms with van der Waals surface area (Å²) in [4.78, 5) is 0. The summed E-state index contributed by atoms with van der Waals surface area (Å²) in [5.74, 6) is 0.199. The van der Waals surface area contributed by atoms with Crippen LogP contribution in [0.1, 0.15) is 0 Å². The molecule has 0 aromatic heterocycles. The van der Waals surface area contributed by atoms with Crippen LogP contribution in [0.25, 0.3) is 0 Å². The minimum absolute atomic E-state index is 0.320. The van der Waals surface area contributed by atoms with E-state index in [1.807, 2.05) is 0 Å². The number of hydrogen-bond donors (Lipinski definition) is 0. The summed E-state index contributed by atoms with van der Waals surface area (Å²) < 4.78 is 23.8. The van der Waals surface area contributed by atoms with Crippen molar-refractivity contribution >= 4 is 44.4 Å². The second-order valence-electron chi connectivity index (χ2n) is 2.35. The number of ether oxygens (including phenoxy) is 1. The van der Waals surface area contributed by atoms with Crippen molar-refractivity contribution in [2.24, 2.45) is 0 Å². The smallest absolute Gasteiger partial charge is 0.141 e. The highest BCUT2D eigenvalue weighted by Gasteiger charge is 2.00. The van der Waals surface area contributed by atoms with Crippen LogP contribution >= 0.6 is 44.4 Å². The van der Waals surface area contributed by atoms with Crippen molar-refractivity contribution in [3.63, 3.8) is 0 Å². The van der Waals surface area contributed by atoms with Crippen molar-refractivity contribution in [3.05, 3.63) is 28.5 Å². The van der Waals surface area contributed by atoms with Gasteiger partial charge in [-0.2, -0.15) is 0 Å². The molecule has 1 aromatic carbocycles. The first-order valence-corrected chi connectivity index (χ1v) is 8.61. The average molecular weight is 393 g/mol. The molecule has 0 heterocycles. The summed E-state index contributed by atoms with van der Waals surface area (Å²) in [5, 5.41) is 0. The van der Waals surface area contributed by atoms with Gasteiger partial charge in [-0.3, -0.25) is 0 Å². The van der Waals surface area contributed by atoms with Gasteiger partial charge in [0.05, 0.1) is 17.5 Å². The largest absolute Gasteiger partial charge is 0.491 e. The van der Waals surface area contributed by atoms with Gasteiger partial charge in [0, 0.05) is 6.07 Å². The van der Waals surface area contributed by atoms with Crippen molar-refractivity contribution in [1.29, 1.82) is 0 Å². The van der Waals surface area contributed by atoms with E-state index in [1.54, 1.807) is 12.1 Å². The van der Waals surface area contributed by atoms with E-state index >= 15 is 0 Å².